The summed E-state index contributed by atoms with van der Waals surface area (Å²) in [7, 11) is 0. The molecule has 0 aromatic carbocycles. The Hall–Kier alpha value is -15.1. The lowest BCUT2D eigenvalue weighted by Crippen LogP contribution is -2.40. The van der Waals surface area contributed by atoms with Crippen molar-refractivity contribution in [2.45, 2.75) is 116 Å². The molecule has 0 aliphatic heterocycles. The van der Waals surface area contributed by atoms with E-state index in [9.17, 15) is 77.3 Å². The van der Waals surface area contributed by atoms with E-state index in [0.29, 0.717) is 91.1 Å². The number of carboxylic acids is 2. The van der Waals surface area contributed by atoms with Crippen molar-refractivity contribution in [2.75, 3.05) is 130 Å². The van der Waals surface area contributed by atoms with Crippen molar-refractivity contribution in [3.05, 3.63) is 144 Å². The van der Waals surface area contributed by atoms with Crippen LogP contribution in [0.25, 0.3) is 66.2 Å². The number of aliphatic carboxylic acids is 2. The molecule has 125 heavy (non-hydrogen) atoms. The average molecular weight is 1740 g/mol. The Labute approximate surface area is 698 Å². The third-order valence-corrected chi connectivity index (χ3v) is 19.4. The molecule has 12 rings (SSSR count). The highest BCUT2D eigenvalue weighted by atomic mass is 16.4. The third kappa shape index (κ3) is 23.4. The first kappa shape index (κ1) is 93.8. The zero-order chi connectivity index (χ0) is 91.0. The molecule has 0 spiro atoms. The van der Waals surface area contributed by atoms with Crippen LogP contribution in [0.5, 0.6) is 0 Å². The molecule has 670 valence electrons. The maximum Gasteiger partial charge on any atom is 0.330 e. The van der Waals surface area contributed by atoms with E-state index in [2.05, 4.69) is 100 Å². The Morgan fingerprint density at radius 1 is 0.312 bits per heavy atom. The number of aromatic amines is 6. The van der Waals surface area contributed by atoms with E-state index in [0.717, 1.165) is 49.4 Å². The second-order valence-corrected chi connectivity index (χ2v) is 27.8. The van der Waals surface area contributed by atoms with Crippen LogP contribution in [0.2, 0.25) is 0 Å². The smallest absolute Gasteiger partial charge is 0.330 e. The summed E-state index contributed by atoms with van der Waals surface area (Å²) in [6.07, 6.45) is 10.3. The summed E-state index contributed by atoms with van der Waals surface area (Å²) in [6, 6.07) is -1.51. The number of unbranched alkanes of at least 4 members (excludes halogenated alkanes) is 4. The average Bonchev–Trinajstić information content (AvgIpc) is 0.759. The fourth-order valence-electron chi connectivity index (χ4n) is 13.2. The molecule has 57 nitrogen and oxygen atoms in total. The van der Waals surface area contributed by atoms with Gasteiger partial charge in [0, 0.05) is 78.5 Å². The fraction of sp³-hybridized carbons (Fsp3) is 0.441. The third-order valence-electron chi connectivity index (χ3n) is 19.4. The lowest BCUT2D eigenvalue weighted by atomic mass is 10.1. The number of carboxylic acid groups (broad SMARTS) is 2. The summed E-state index contributed by atoms with van der Waals surface area (Å²) in [4.78, 5) is 234. The van der Waals surface area contributed by atoms with Gasteiger partial charge in [-0.05, 0) is 90.6 Å². The van der Waals surface area contributed by atoms with Gasteiger partial charge in [0.15, 0.2) is 33.9 Å². The minimum Gasteiger partial charge on any atom is -0.480 e. The van der Waals surface area contributed by atoms with Gasteiger partial charge in [0.1, 0.15) is 98.3 Å². The minimum absolute atomic E-state index is 0.000516. The second-order valence-electron chi connectivity index (χ2n) is 27.8. The second kappa shape index (κ2) is 43.4. The van der Waals surface area contributed by atoms with Gasteiger partial charge in [0.05, 0.1) is 0 Å². The molecule has 12 aromatic heterocycles. The standard InChI is InChI=1S/C20H28N14O4.C20H26N12O4.C14H22N8O4.C14H21N7O4/c21-3-1-2-4-32(5-7-33-13-9(15(35)30-19(33)37)11(22)26-17(24)28-13)6-8-34-14-10(16(36)31-20(34)38)12(23)27-18(25)29-14;21-3-1-2-4-30(5-7-31-15-11(13(22)24-9-26-15)17(33)28-19(31)35)6-8-32-16-12(14(23)25-10-27-16)18(34)29-20(32)36;15-4-2-1-3-7(12(24)25)18-5-6-22-10-8(11(23)21-14(22)26)9(16)19-13(17)20-10;15-4-2-1-3-8(13(23)24)17-5-6-21-11-9(10(16)18-7-19-11)12(22)20-14(21)25/h1-8,21H2,(H,30,35,37)(H,31,36,38)(H4,22,24,26,28)(H4,23,25,27,29);9-10H,1-8,21H2,(H2,22,24,26)(H2,23,25,27)(H,28,33,35)(H,29,34,36);7,18H,1-6,15H2,(H,24,25)(H,21,23,26)(H4,16,17,19,20);7-8,17H,1-6,15H2,(H,23,24)(H2,16,18,19)(H,20,22,25)/t;;7-;8-/m..00/s1. The monoisotopic (exact) mass is 1740 g/mol. The molecular formula is C68H97N41O16. The van der Waals surface area contributed by atoms with E-state index in [-0.39, 0.29) is 171 Å². The molecule has 0 unspecified atom stereocenters. The topological polar surface area (TPSA) is 927 Å². The van der Waals surface area contributed by atoms with Crippen molar-refractivity contribution < 1.29 is 19.8 Å². The van der Waals surface area contributed by atoms with Crippen LogP contribution in [-0.4, -0.2) is 240 Å². The Bertz CT molecular complexity index is 6450. The molecular weight excluding hydrogens is 1650 g/mol. The highest BCUT2D eigenvalue weighted by Crippen LogP contribution is 2.19. The molecule has 36 N–H and O–H groups in total. The van der Waals surface area contributed by atoms with Gasteiger partial charge in [0.2, 0.25) is 17.8 Å². The summed E-state index contributed by atoms with van der Waals surface area (Å²) in [5.74, 6) is -3.01. The quantitative estimate of drug-likeness (QED) is 0.0160. The van der Waals surface area contributed by atoms with Crippen LogP contribution < -0.4 is 153 Å². The van der Waals surface area contributed by atoms with Gasteiger partial charge in [-0.25, -0.2) is 58.7 Å². The SMILES string of the molecule is NCCCCN(CCn1c(=O)[nH]c(=O)c2c(N)nc(N)nc21)CCn1c(=O)[nH]c(=O)c2c(N)nc(N)nc21.NCCCCN(CCn1c(=O)[nH]c(=O)c2c(N)ncnc21)CCn1c(=O)[nH]c(=O)c2c(N)ncnc21.NCCCC[C@H](NCCn1c(=O)[nH]c(=O)c2c(N)nc(N)nc21)C(=O)O.NCCCC[C@H](NCCn1c(=O)[nH]c(=O)c2c(N)ncnc21)C(=O)O. The van der Waals surface area contributed by atoms with Crippen molar-refractivity contribution in [1.29, 1.82) is 0 Å². The normalized spacial score (nSPS) is 11.9. The summed E-state index contributed by atoms with van der Waals surface area (Å²) in [5.41, 5.74) is 66.0. The first-order valence-electron chi connectivity index (χ1n) is 38.8. The molecule has 0 fully saturated rings. The number of fused-ring (bicyclic) bond motifs is 6. The zero-order valence-electron chi connectivity index (χ0n) is 67.2. The molecule has 57 heteroatoms. The zero-order valence-corrected chi connectivity index (χ0v) is 67.2. The van der Waals surface area contributed by atoms with Gasteiger partial charge in [-0.15, -0.1) is 0 Å². The Balaban J connectivity index is 0.000000192. The maximum absolute atomic E-state index is 12.6. The van der Waals surface area contributed by atoms with Crippen LogP contribution in [0, 0.1) is 0 Å². The first-order chi connectivity index (χ1) is 59.7. The number of carbonyl (C=O) groups is 2. The van der Waals surface area contributed by atoms with Crippen molar-refractivity contribution in [3.8, 4) is 0 Å². The number of nitrogen functional groups attached to an aromatic ring is 9. The molecule has 0 saturated heterocycles. The van der Waals surface area contributed by atoms with E-state index >= 15 is 0 Å². The van der Waals surface area contributed by atoms with Crippen LogP contribution >= 0.6 is 0 Å². The number of hydrogen-bond donors (Lipinski definition) is 23. The summed E-state index contributed by atoms with van der Waals surface area (Å²) in [5, 5.41) is 24.2. The van der Waals surface area contributed by atoms with Gasteiger partial charge in [0.25, 0.3) is 33.4 Å². The Morgan fingerprint density at radius 2 is 0.544 bits per heavy atom. The van der Waals surface area contributed by atoms with Gasteiger partial charge in [-0.1, -0.05) is 12.8 Å². The number of anilines is 9. The molecule has 12 aromatic rings. The van der Waals surface area contributed by atoms with E-state index in [1.54, 1.807) is 0 Å². The Kier molecular flexibility index (Phi) is 32.6. The molecule has 0 amide bonds. The van der Waals surface area contributed by atoms with Gasteiger partial charge in [-0.2, -0.15) is 29.9 Å². The minimum atomic E-state index is -0.989. The van der Waals surface area contributed by atoms with Gasteiger partial charge in [-0.3, -0.25) is 105 Å². The first-order valence-corrected chi connectivity index (χ1v) is 38.8. The van der Waals surface area contributed by atoms with E-state index in [4.69, 9.17) is 74.5 Å². The lowest BCUT2D eigenvalue weighted by Gasteiger charge is -2.23. The number of aromatic nitrogens is 24. The molecule has 0 aliphatic carbocycles. The van der Waals surface area contributed by atoms with Crippen LogP contribution in [0.4, 0.5) is 52.8 Å². The Morgan fingerprint density at radius 3 is 0.800 bits per heavy atom. The van der Waals surface area contributed by atoms with Crippen LogP contribution in [0.1, 0.15) is 64.2 Å². The number of rotatable bonds is 38. The summed E-state index contributed by atoms with van der Waals surface area (Å²) in [6.45, 7) is 5.69. The molecule has 12 heterocycles. The van der Waals surface area contributed by atoms with E-state index in [1.807, 2.05) is 9.80 Å². The number of H-pyrrole nitrogens is 6. The highest BCUT2D eigenvalue weighted by Gasteiger charge is 2.24. The van der Waals surface area contributed by atoms with Gasteiger partial charge >= 0.3 is 46.1 Å². The predicted octanol–water partition coefficient (Wildman–Crippen LogP) is -10.4. The van der Waals surface area contributed by atoms with Crippen molar-refractivity contribution in [2.24, 2.45) is 22.9 Å². The summed E-state index contributed by atoms with van der Waals surface area (Å²) >= 11 is 0. The van der Waals surface area contributed by atoms with Crippen molar-refractivity contribution >= 4 is 131 Å². The lowest BCUT2D eigenvalue weighted by molar-refractivity contribution is -0.140. The van der Waals surface area contributed by atoms with Crippen LogP contribution in [-0.2, 0) is 48.9 Å². The molecule has 0 aliphatic rings. The van der Waals surface area contributed by atoms with Crippen LogP contribution in [0.3, 0.4) is 0 Å². The molecule has 0 bridgehead atoms. The molecule has 0 saturated carbocycles. The van der Waals surface area contributed by atoms with Crippen molar-refractivity contribution in [1.82, 2.24) is 138 Å². The molecule has 2 atom stereocenters. The largest absolute Gasteiger partial charge is 0.480 e. The molecule has 0 radical (unpaired) electrons. The number of nitrogens with one attached hydrogen (secondary N) is 8. The number of hydrogen-bond acceptors (Lipinski definition) is 43. The fourth-order valence-corrected chi connectivity index (χ4v) is 13.2. The predicted molar refractivity (Wildman–Crippen MR) is 460 cm³/mol. The van der Waals surface area contributed by atoms with E-state index < -0.39 is 91.5 Å². The summed E-state index contributed by atoms with van der Waals surface area (Å²) < 4.78 is 7.52. The number of nitrogens with two attached hydrogens (primary N) is 13. The van der Waals surface area contributed by atoms with E-state index in [1.165, 1.54) is 35.5 Å². The maximum atomic E-state index is 12.6. The number of nitrogens with zero attached hydrogens (tertiary/aromatic N) is 20. The highest BCUT2D eigenvalue weighted by molar-refractivity contribution is 5.89. The van der Waals surface area contributed by atoms with Gasteiger partial charge < -0.3 is 95.4 Å². The van der Waals surface area contributed by atoms with Crippen molar-refractivity contribution in [3.63, 3.8) is 0 Å². The van der Waals surface area contributed by atoms with Crippen LogP contribution in [0.15, 0.2) is 76.5 Å².